The van der Waals surface area contributed by atoms with Gasteiger partial charge >= 0.3 is 6.03 Å². The number of anilines is 1. The van der Waals surface area contributed by atoms with E-state index in [4.69, 9.17) is 14.7 Å². The van der Waals surface area contributed by atoms with Crippen LogP contribution in [0.4, 0.5) is 10.5 Å². The van der Waals surface area contributed by atoms with Gasteiger partial charge in [0.1, 0.15) is 18.1 Å². The molecule has 1 atom stereocenters. The maximum atomic E-state index is 13.0. The largest absolute Gasteiger partial charge is 0.497 e. The molecule has 1 saturated heterocycles. The van der Waals surface area contributed by atoms with Gasteiger partial charge in [-0.2, -0.15) is 5.26 Å². The number of carbonyl (C=O) groups excluding carboxylic acids is 1. The van der Waals surface area contributed by atoms with E-state index in [0.29, 0.717) is 30.2 Å². The minimum absolute atomic E-state index is 0.0488. The number of methoxy groups -OCH3 is 1. The Hall–Kier alpha value is -3.98. The van der Waals surface area contributed by atoms with E-state index in [9.17, 15) is 4.79 Å². The molecule has 1 N–H and O–H groups in total. The van der Waals surface area contributed by atoms with Gasteiger partial charge in [0.15, 0.2) is 0 Å². The van der Waals surface area contributed by atoms with Gasteiger partial charge in [0.05, 0.1) is 24.8 Å². The van der Waals surface area contributed by atoms with Gasteiger partial charge in [-0.3, -0.25) is 0 Å². The van der Waals surface area contributed by atoms with Crippen molar-refractivity contribution in [2.75, 3.05) is 19.0 Å². The van der Waals surface area contributed by atoms with Crippen LogP contribution in [0, 0.1) is 11.3 Å². The third kappa shape index (κ3) is 5.01. The summed E-state index contributed by atoms with van der Waals surface area (Å²) < 4.78 is 11.1. The number of benzene rings is 3. The molecular weight excluding hydrogens is 402 g/mol. The highest BCUT2D eigenvalue weighted by atomic mass is 16.5. The second kappa shape index (κ2) is 9.88. The summed E-state index contributed by atoms with van der Waals surface area (Å²) in [7, 11) is 1.64. The Kier molecular flexibility index (Phi) is 6.57. The minimum Gasteiger partial charge on any atom is -0.497 e. The van der Waals surface area contributed by atoms with E-state index in [1.165, 1.54) is 0 Å². The summed E-state index contributed by atoms with van der Waals surface area (Å²) in [6.07, 6.45) is 1.90. The van der Waals surface area contributed by atoms with Gasteiger partial charge in [0, 0.05) is 18.3 Å². The number of nitrogens with one attached hydrogen (secondary N) is 1. The normalized spacial score (nSPS) is 15.1. The standard InChI is InChI=1S/C26H25N3O3/c1-31-23-12-10-21(11-13-23)25-9-4-14-29(25)26(30)28-22-7-3-8-24(16-22)32-18-20-6-2-5-19(15-20)17-27/h2-3,5-8,10-13,15-16,25H,4,9,14,18H2,1H3,(H,28,30)/t25-/m0/s1. The van der Waals surface area contributed by atoms with E-state index in [1.807, 2.05) is 65.6 Å². The number of likely N-dealkylation sites (tertiary alicyclic amines) is 1. The third-order valence-electron chi connectivity index (χ3n) is 5.56. The molecule has 3 aromatic rings. The molecule has 6 heteroatoms. The first-order chi connectivity index (χ1) is 15.7. The fourth-order valence-electron chi connectivity index (χ4n) is 3.94. The van der Waals surface area contributed by atoms with Crippen LogP contribution < -0.4 is 14.8 Å². The Morgan fingerprint density at radius 3 is 2.69 bits per heavy atom. The number of rotatable bonds is 6. The SMILES string of the molecule is COc1ccc([C@@H]2CCCN2C(=O)Nc2cccc(OCc3cccc(C#N)c3)c2)cc1. The fourth-order valence-corrected chi connectivity index (χ4v) is 3.94. The minimum atomic E-state index is -0.123. The Bertz CT molecular complexity index is 1120. The summed E-state index contributed by atoms with van der Waals surface area (Å²) in [6, 6.07) is 24.6. The molecule has 2 amide bonds. The van der Waals surface area contributed by atoms with Crippen LogP contribution >= 0.6 is 0 Å². The number of hydrogen-bond donors (Lipinski definition) is 1. The van der Waals surface area contributed by atoms with Crippen LogP contribution in [0.1, 0.15) is 35.6 Å². The Balaban J connectivity index is 1.40. The van der Waals surface area contributed by atoms with Crippen LogP contribution in [0.15, 0.2) is 72.8 Å². The summed E-state index contributed by atoms with van der Waals surface area (Å²) in [5.41, 5.74) is 3.30. The van der Waals surface area contributed by atoms with E-state index in [-0.39, 0.29) is 12.1 Å². The number of ether oxygens (including phenoxy) is 2. The molecule has 4 rings (SSSR count). The average Bonchev–Trinajstić information content (AvgIpc) is 3.33. The van der Waals surface area contributed by atoms with Crippen LogP contribution in [-0.2, 0) is 6.61 Å². The summed E-state index contributed by atoms with van der Waals surface area (Å²) in [5, 5.41) is 12.0. The lowest BCUT2D eigenvalue weighted by atomic mass is 10.0. The number of hydrogen-bond acceptors (Lipinski definition) is 4. The monoisotopic (exact) mass is 427 g/mol. The average molecular weight is 428 g/mol. The zero-order valence-electron chi connectivity index (χ0n) is 18.0. The molecule has 0 aliphatic carbocycles. The highest BCUT2D eigenvalue weighted by Gasteiger charge is 2.30. The topological polar surface area (TPSA) is 74.6 Å². The van der Waals surface area contributed by atoms with Gasteiger partial charge in [0.25, 0.3) is 0 Å². The first-order valence-corrected chi connectivity index (χ1v) is 10.6. The molecule has 0 aromatic heterocycles. The fraction of sp³-hybridized carbons (Fsp3) is 0.231. The lowest BCUT2D eigenvalue weighted by molar-refractivity contribution is 0.207. The first kappa shape index (κ1) is 21.3. The van der Waals surface area contributed by atoms with Crippen molar-refractivity contribution in [1.29, 1.82) is 5.26 Å². The molecule has 0 spiro atoms. The first-order valence-electron chi connectivity index (χ1n) is 10.6. The molecule has 6 nitrogen and oxygen atoms in total. The van der Waals surface area contributed by atoms with Crippen LogP contribution in [0.3, 0.4) is 0 Å². The molecule has 32 heavy (non-hydrogen) atoms. The number of urea groups is 1. The Morgan fingerprint density at radius 1 is 1.09 bits per heavy atom. The summed E-state index contributed by atoms with van der Waals surface area (Å²) in [6.45, 7) is 1.06. The predicted molar refractivity (Wildman–Crippen MR) is 123 cm³/mol. The van der Waals surface area contributed by atoms with E-state index in [0.717, 1.165) is 29.7 Å². The van der Waals surface area contributed by atoms with Crippen LogP contribution in [0.2, 0.25) is 0 Å². The van der Waals surface area contributed by atoms with Crippen molar-refractivity contribution in [2.45, 2.75) is 25.5 Å². The lowest BCUT2D eigenvalue weighted by Crippen LogP contribution is -2.34. The van der Waals surface area contributed by atoms with E-state index in [2.05, 4.69) is 11.4 Å². The van der Waals surface area contributed by atoms with Crippen LogP contribution in [0.5, 0.6) is 11.5 Å². The van der Waals surface area contributed by atoms with E-state index >= 15 is 0 Å². The molecule has 1 aliphatic heterocycles. The van der Waals surface area contributed by atoms with Gasteiger partial charge in [0.2, 0.25) is 0 Å². The third-order valence-corrected chi connectivity index (χ3v) is 5.56. The summed E-state index contributed by atoms with van der Waals surface area (Å²) in [5.74, 6) is 1.46. The maximum Gasteiger partial charge on any atom is 0.322 e. The molecule has 162 valence electrons. The quantitative estimate of drug-likeness (QED) is 0.562. The van der Waals surface area contributed by atoms with E-state index in [1.54, 1.807) is 19.2 Å². The maximum absolute atomic E-state index is 13.0. The van der Waals surface area contributed by atoms with Crippen molar-refractivity contribution in [2.24, 2.45) is 0 Å². The molecule has 3 aromatic carbocycles. The highest BCUT2D eigenvalue weighted by Crippen LogP contribution is 2.33. The Morgan fingerprint density at radius 2 is 1.91 bits per heavy atom. The number of nitriles is 1. The van der Waals surface area contributed by atoms with Crippen molar-refractivity contribution in [3.8, 4) is 17.6 Å². The molecule has 1 aliphatic rings. The molecule has 1 fully saturated rings. The van der Waals surface area contributed by atoms with Crippen molar-refractivity contribution >= 4 is 11.7 Å². The Labute approximate surface area is 188 Å². The zero-order chi connectivity index (χ0) is 22.3. The smallest absolute Gasteiger partial charge is 0.322 e. The van der Waals surface area contributed by atoms with Crippen molar-refractivity contribution in [3.05, 3.63) is 89.5 Å². The molecule has 0 bridgehead atoms. The van der Waals surface area contributed by atoms with Crippen LogP contribution in [-0.4, -0.2) is 24.6 Å². The molecule has 0 saturated carbocycles. The van der Waals surface area contributed by atoms with Gasteiger partial charge in [-0.15, -0.1) is 0 Å². The molecule has 1 heterocycles. The molecular formula is C26H25N3O3. The second-order valence-corrected chi connectivity index (χ2v) is 7.68. The van der Waals surface area contributed by atoms with Gasteiger partial charge in [-0.05, 0) is 60.4 Å². The van der Waals surface area contributed by atoms with Crippen LogP contribution in [0.25, 0.3) is 0 Å². The summed E-state index contributed by atoms with van der Waals surface area (Å²) in [4.78, 5) is 14.9. The van der Waals surface area contributed by atoms with Gasteiger partial charge in [-0.25, -0.2) is 4.79 Å². The summed E-state index contributed by atoms with van der Waals surface area (Å²) >= 11 is 0. The second-order valence-electron chi connectivity index (χ2n) is 7.68. The lowest BCUT2D eigenvalue weighted by Gasteiger charge is -2.25. The predicted octanol–water partition coefficient (Wildman–Crippen LogP) is 5.51. The number of nitrogens with zero attached hydrogens (tertiary/aromatic N) is 2. The van der Waals surface area contributed by atoms with Crippen molar-refractivity contribution < 1.29 is 14.3 Å². The van der Waals surface area contributed by atoms with Gasteiger partial charge in [-0.1, -0.05) is 30.3 Å². The highest BCUT2D eigenvalue weighted by molar-refractivity contribution is 5.90. The number of carbonyl (C=O) groups is 1. The zero-order valence-corrected chi connectivity index (χ0v) is 18.0. The van der Waals surface area contributed by atoms with Gasteiger partial charge < -0.3 is 19.7 Å². The molecule has 0 unspecified atom stereocenters. The molecule has 0 radical (unpaired) electrons. The van der Waals surface area contributed by atoms with Crippen molar-refractivity contribution in [1.82, 2.24) is 4.90 Å². The van der Waals surface area contributed by atoms with E-state index < -0.39 is 0 Å². The number of amides is 2. The van der Waals surface area contributed by atoms with Crippen molar-refractivity contribution in [3.63, 3.8) is 0 Å².